The van der Waals surface area contributed by atoms with Crippen LogP contribution in [0.4, 0.5) is 0 Å². The van der Waals surface area contributed by atoms with Crippen LogP contribution in [0.3, 0.4) is 0 Å². The molecule has 0 radical (unpaired) electrons. The van der Waals surface area contributed by atoms with E-state index in [9.17, 15) is 5.11 Å². The third kappa shape index (κ3) is 1.81. The second kappa shape index (κ2) is 3.08. The van der Waals surface area contributed by atoms with Crippen molar-refractivity contribution in [2.75, 3.05) is 0 Å². The van der Waals surface area contributed by atoms with Crippen LogP contribution in [0.1, 0.15) is 36.5 Å². The Labute approximate surface area is 91.1 Å². The molecule has 15 heavy (non-hydrogen) atoms. The summed E-state index contributed by atoms with van der Waals surface area (Å²) in [5, 5.41) is 9.88. The van der Waals surface area contributed by atoms with Crippen LogP contribution in [0, 0.1) is 5.92 Å². The van der Waals surface area contributed by atoms with Gasteiger partial charge in [0.1, 0.15) is 0 Å². The summed E-state index contributed by atoms with van der Waals surface area (Å²) in [5.74, 6) is 0.805. The number of benzene rings is 1. The molecule has 1 atom stereocenters. The minimum atomic E-state index is -0.349. The molecular weight excluding hydrogens is 184 g/mol. The minimum Gasteiger partial charge on any atom is -0.390 e. The van der Waals surface area contributed by atoms with Gasteiger partial charge in [-0.25, -0.2) is 0 Å². The van der Waals surface area contributed by atoms with Crippen LogP contribution >= 0.6 is 0 Å². The molecule has 0 bridgehead atoms. The Morgan fingerprint density at radius 1 is 1.27 bits per heavy atom. The molecule has 0 heterocycles. The molecule has 1 aromatic carbocycles. The van der Waals surface area contributed by atoms with Crippen LogP contribution in [-0.4, -0.2) is 10.7 Å². The third-order valence-electron chi connectivity index (χ3n) is 3.77. The zero-order valence-corrected chi connectivity index (χ0v) is 9.29. The van der Waals surface area contributed by atoms with Crippen molar-refractivity contribution in [1.29, 1.82) is 0 Å². The summed E-state index contributed by atoms with van der Waals surface area (Å²) < 4.78 is 0. The normalized spacial score (nSPS) is 26.4. The molecule has 2 aliphatic carbocycles. The highest BCUT2D eigenvalue weighted by Crippen LogP contribution is 2.39. The maximum atomic E-state index is 9.88. The van der Waals surface area contributed by atoms with Gasteiger partial charge in [0.05, 0.1) is 5.60 Å². The molecule has 80 valence electrons. The number of aliphatic hydroxyl groups is 1. The van der Waals surface area contributed by atoms with E-state index >= 15 is 0 Å². The highest BCUT2D eigenvalue weighted by atomic mass is 16.3. The van der Waals surface area contributed by atoms with Crippen LogP contribution in [0.15, 0.2) is 18.2 Å². The first kappa shape index (κ1) is 9.41. The quantitative estimate of drug-likeness (QED) is 0.781. The van der Waals surface area contributed by atoms with Crippen LogP contribution in [0.5, 0.6) is 0 Å². The molecule has 0 amide bonds. The first-order valence-corrected chi connectivity index (χ1v) is 5.98. The third-order valence-corrected chi connectivity index (χ3v) is 3.77. The summed E-state index contributed by atoms with van der Waals surface area (Å²) in [5.41, 5.74) is 4.01. The SMILES string of the molecule is CC1Cc2ccc(CC3(O)CC3)cc2C1. The lowest BCUT2D eigenvalue weighted by molar-refractivity contribution is 0.151. The maximum absolute atomic E-state index is 9.88. The van der Waals surface area contributed by atoms with Gasteiger partial charge in [0.2, 0.25) is 0 Å². The van der Waals surface area contributed by atoms with Crippen LogP contribution in [0.25, 0.3) is 0 Å². The molecule has 2 aliphatic rings. The highest BCUT2D eigenvalue weighted by molar-refractivity contribution is 5.37. The lowest BCUT2D eigenvalue weighted by Crippen LogP contribution is -2.10. The number of fused-ring (bicyclic) bond motifs is 1. The fraction of sp³-hybridized carbons (Fsp3) is 0.571. The Kier molecular flexibility index (Phi) is 1.93. The van der Waals surface area contributed by atoms with Gasteiger partial charge in [0.25, 0.3) is 0 Å². The number of rotatable bonds is 2. The van der Waals surface area contributed by atoms with Crippen molar-refractivity contribution in [3.63, 3.8) is 0 Å². The van der Waals surface area contributed by atoms with E-state index in [4.69, 9.17) is 0 Å². The molecule has 1 saturated carbocycles. The Morgan fingerprint density at radius 2 is 2.00 bits per heavy atom. The average molecular weight is 202 g/mol. The van der Waals surface area contributed by atoms with E-state index in [-0.39, 0.29) is 5.60 Å². The lowest BCUT2D eigenvalue weighted by atomic mass is 10.0. The van der Waals surface area contributed by atoms with Gasteiger partial charge in [-0.15, -0.1) is 0 Å². The zero-order chi connectivity index (χ0) is 10.5. The topological polar surface area (TPSA) is 20.2 Å². The van der Waals surface area contributed by atoms with Gasteiger partial charge in [0, 0.05) is 6.42 Å². The van der Waals surface area contributed by atoms with Crippen molar-refractivity contribution in [2.45, 2.75) is 44.6 Å². The Bertz CT molecular complexity index is 390. The van der Waals surface area contributed by atoms with Gasteiger partial charge < -0.3 is 5.11 Å². The Morgan fingerprint density at radius 3 is 2.73 bits per heavy atom. The van der Waals surface area contributed by atoms with Crippen LogP contribution in [0.2, 0.25) is 0 Å². The minimum absolute atomic E-state index is 0.349. The molecular formula is C14H18O. The van der Waals surface area contributed by atoms with Crippen molar-refractivity contribution in [3.8, 4) is 0 Å². The largest absolute Gasteiger partial charge is 0.390 e. The van der Waals surface area contributed by atoms with Gasteiger partial charge in [0.15, 0.2) is 0 Å². The first-order chi connectivity index (χ1) is 7.15. The number of hydrogen-bond donors (Lipinski definition) is 1. The van der Waals surface area contributed by atoms with Crippen molar-refractivity contribution in [1.82, 2.24) is 0 Å². The standard InChI is InChI=1S/C14H18O/c1-10-6-12-3-2-11(8-13(12)7-10)9-14(15)4-5-14/h2-3,8,10,15H,4-7,9H2,1H3. The molecule has 0 spiro atoms. The Balaban J connectivity index is 1.83. The van der Waals surface area contributed by atoms with Crippen molar-refractivity contribution >= 4 is 0 Å². The van der Waals surface area contributed by atoms with E-state index in [0.29, 0.717) is 0 Å². The molecule has 1 aromatic rings. The molecule has 1 nitrogen and oxygen atoms in total. The maximum Gasteiger partial charge on any atom is 0.0690 e. The molecule has 0 aromatic heterocycles. The van der Waals surface area contributed by atoms with Gasteiger partial charge in [-0.3, -0.25) is 0 Å². The van der Waals surface area contributed by atoms with E-state index in [1.165, 1.54) is 29.5 Å². The van der Waals surface area contributed by atoms with Crippen LogP contribution in [-0.2, 0) is 19.3 Å². The molecule has 3 rings (SSSR count). The Hall–Kier alpha value is -0.820. The van der Waals surface area contributed by atoms with Gasteiger partial charge in [-0.05, 0) is 48.3 Å². The van der Waals surface area contributed by atoms with E-state index < -0.39 is 0 Å². The summed E-state index contributed by atoms with van der Waals surface area (Å²) in [6.45, 7) is 2.31. The second-order valence-corrected chi connectivity index (χ2v) is 5.52. The summed E-state index contributed by atoms with van der Waals surface area (Å²) in [6, 6.07) is 6.78. The summed E-state index contributed by atoms with van der Waals surface area (Å²) in [4.78, 5) is 0. The fourth-order valence-electron chi connectivity index (χ4n) is 2.70. The highest BCUT2D eigenvalue weighted by Gasteiger charge is 2.40. The van der Waals surface area contributed by atoms with Crippen molar-refractivity contribution in [3.05, 3.63) is 34.9 Å². The van der Waals surface area contributed by atoms with Gasteiger partial charge >= 0.3 is 0 Å². The summed E-state index contributed by atoms with van der Waals surface area (Å²) in [7, 11) is 0. The van der Waals surface area contributed by atoms with Crippen molar-refractivity contribution in [2.24, 2.45) is 5.92 Å². The molecule has 0 aliphatic heterocycles. The van der Waals surface area contributed by atoms with E-state index in [1.807, 2.05) is 0 Å². The summed E-state index contributed by atoms with van der Waals surface area (Å²) in [6.07, 6.45) is 5.29. The number of hydrogen-bond acceptors (Lipinski definition) is 1. The monoisotopic (exact) mass is 202 g/mol. The molecule has 1 heteroatoms. The van der Waals surface area contributed by atoms with Crippen LogP contribution < -0.4 is 0 Å². The van der Waals surface area contributed by atoms with E-state index in [1.54, 1.807) is 0 Å². The van der Waals surface area contributed by atoms with E-state index in [2.05, 4.69) is 25.1 Å². The molecule has 0 saturated heterocycles. The fourth-order valence-corrected chi connectivity index (χ4v) is 2.70. The van der Waals surface area contributed by atoms with Gasteiger partial charge in [-0.2, -0.15) is 0 Å². The van der Waals surface area contributed by atoms with E-state index in [0.717, 1.165) is 25.2 Å². The van der Waals surface area contributed by atoms with Gasteiger partial charge in [-0.1, -0.05) is 25.1 Å². The average Bonchev–Trinajstić information content (AvgIpc) is 2.76. The molecule has 1 unspecified atom stereocenters. The second-order valence-electron chi connectivity index (χ2n) is 5.52. The lowest BCUT2D eigenvalue weighted by Gasteiger charge is -2.09. The zero-order valence-electron chi connectivity index (χ0n) is 9.29. The smallest absolute Gasteiger partial charge is 0.0690 e. The summed E-state index contributed by atoms with van der Waals surface area (Å²) >= 11 is 0. The molecule has 1 N–H and O–H groups in total. The predicted molar refractivity (Wildman–Crippen MR) is 60.9 cm³/mol. The molecule has 1 fully saturated rings. The van der Waals surface area contributed by atoms with Crippen molar-refractivity contribution < 1.29 is 5.11 Å². The first-order valence-electron chi connectivity index (χ1n) is 5.98. The predicted octanol–water partition coefficient (Wildman–Crippen LogP) is 2.49.